The maximum atomic E-state index is 12.3. The van der Waals surface area contributed by atoms with Gasteiger partial charge < -0.3 is 20.1 Å². The van der Waals surface area contributed by atoms with Gasteiger partial charge in [0.2, 0.25) is 0 Å². The number of rotatable bonds is 2. The Kier molecular flexibility index (Phi) is 4.20. The summed E-state index contributed by atoms with van der Waals surface area (Å²) >= 11 is 1.85. The highest BCUT2D eigenvalue weighted by Gasteiger charge is 2.48. The highest BCUT2D eigenvalue weighted by molar-refractivity contribution is 8.00. The smallest absolute Gasteiger partial charge is 0.317 e. The molecule has 0 aromatic heterocycles. The van der Waals surface area contributed by atoms with E-state index in [9.17, 15) is 14.7 Å². The van der Waals surface area contributed by atoms with Crippen LogP contribution in [0.2, 0.25) is 0 Å². The molecule has 20 heavy (non-hydrogen) atoms. The lowest BCUT2D eigenvalue weighted by molar-refractivity contribution is -0.148. The predicted octanol–water partition coefficient (Wildman–Crippen LogP) is 1.01. The Morgan fingerprint density at radius 3 is 2.70 bits per heavy atom. The lowest BCUT2D eigenvalue weighted by Crippen LogP contribution is -2.56. The zero-order chi connectivity index (χ0) is 15.0. The minimum absolute atomic E-state index is 0.0396. The van der Waals surface area contributed by atoms with Crippen LogP contribution in [0.1, 0.15) is 20.8 Å². The van der Waals surface area contributed by atoms with Crippen LogP contribution in [0.4, 0.5) is 4.79 Å². The number of carbonyl (C=O) groups is 2. The molecule has 2 fully saturated rings. The number of amides is 2. The summed E-state index contributed by atoms with van der Waals surface area (Å²) in [5.74, 6) is -0.0348. The van der Waals surface area contributed by atoms with E-state index in [0.717, 1.165) is 5.75 Å². The zero-order valence-electron chi connectivity index (χ0n) is 12.1. The topological polar surface area (TPSA) is 78.9 Å². The second kappa shape index (κ2) is 5.44. The highest BCUT2D eigenvalue weighted by Crippen LogP contribution is 2.31. The standard InChI is InChI=1S/C13H22N2O4S/c1-12(2)7-15(4-5-20-12)11(18)14-9-6-19-8-13(9,3)10(16)17/h9H,4-8H2,1-3H3,(H,14,18)(H,16,17). The third kappa shape index (κ3) is 3.03. The predicted molar refractivity (Wildman–Crippen MR) is 77.0 cm³/mol. The van der Waals surface area contributed by atoms with Gasteiger partial charge in [0.25, 0.3) is 0 Å². The van der Waals surface area contributed by atoms with E-state index in [1.54, 1.807) is 11.8 Å². The molecule has 2 saturated heterocycles. The average molecular weight is 302 g/mol. The number of nitrogens with zero attached hydrogens (tertiary/aromatic N) is 1. The number of nitrogens with one attached hydrogen (secondary N) is 1. The molecule has 2 amide bonds. The Labute approximate surface area is 123 Å². The molecular weight excluding hydrogens is 280 g/mol. The van der Waals surface area contributed by atoms with Crippen molar-refractivity contribution in [3.05, 3.63) is 0 Å². The summed E-state index contributed by atoms with van der Waals surface area (Å²) in [6, 6.07) is -0.674. The van der Waals surface area contributed by atoms with Crippen molar-refractivity contribution >= 4 is 23.8 Å². The molecule has 0 saturated carbocycles. The first-order chi connectivity index (χ1) is 9.24. The van der Waals surface area contributed by atoms with E-state index in [4.69, 9.17) is 4.74 Å². The van der Waals surface area contributed by atoms with Crippen LogP contribution in [0, 0.1) is 5.41 Å². The van der Waals surface area contributed by atoms with Gasteiger partial charge in [0.1, 0.15) is 5.41 Å². The zero-order valence-corrected chi connectivity index (χ0v) is 13.0. The lowest BCUT2D eigenvalue weighted by atomic mass is 9.85. The summed E-state index contributed by atoms with van der Waals surface area (Å²) in [6.07, 6.45) is 0. The number of thioether (sulfide) groups is 1. The molecule has 0 aromatic rings. The quantitative estimate of drug-likeness (QED) is 0.796. The van der Waals surface area contributed by atoms with Crippen LogP contribution >= 0.6 is 11.8 Å². The van der Waals surface area contributed by atoms with Gasteiger partial charge in [-0.3, -0.25) is 4.79 Å². The van der Waals surface area contributed by atoms with E-state index in [1.807, 2.05) is 11.8 Å². The van der Waals surface area contributed by atoms with E-state index in [0.29, 0.717) is 13.1 Å². The molecule has 0 spiro atoms. The molecule has 114 valence electrons. The van der Waals surface area contributed by atoms with Crippen molar-refractivity contribution in [3.8, 4) is 0 Å². The number of urea groups is 1. The molecule has 0 radical (unpaired) electrons. The summed E-state index contributed by atoms with van der Waals surface area (Å²) < 4.78 is 5.28. The fourth-order valence-corrected chi connectivity index (χ4v) is 3.63. The average Bonchev–Trinajstić information content (AvgIpc) is 2.71. The van der Waals surface area contributed by atoms with Crippen LogP contribution in [-0.2, 0) is 9.53 Å². The third-order valence-corrected chi connectivity index (χ3v) is 5.25. The number of carboxylic acid groups (broad SMARTS) is 1. The summed E-state index contributed by atoms with van der Waals surface area (Å²) in [4.78, 5) is 25.4. The fourth-order valence-electron chi connectivity index (χ4n) is 2.52. The number of hydrogen-bond acceptors (Lipinski definition) is 4. The van der Waals surface area contributed by atoms with Gasteiger partial charge in [-0.15, -0.1) is 0 Å². The van der Waals surface area contributed by atoms with Crippen molar-refractivity contribution in [2.24, 2.45) is 5.41 Å². The molecule has 2 N–H and O–H groups in total. The molecule has 0 bridgehead atoms. The number of ether oxygens (including phenoxy) is 1. The fraction of sp³-hybridized carbons (Fsp3) is 0.846. The van der Waals surface area contributed by atoms with E-state index >= 15 is 0 Å². The largest absolute Gasteiger partial charge is 0.481 e. The number of hydrogen-bond donors (Lipinski definition) is 2. The third-order valence-electron chi connectivity index (χ3n) is 3.95. The van der Waals surface area contributed by atoms with Crippen LogP contribution in [0.15, 0.2) is 0 Å². The number of carbonyl (C=O) groups excluding carboxylic acids is 1. The molecule has 6 nitrogen and oxygen atoms in total. The van der Waals surface area contributed by atoms with Crippen molar-refractivity contribution in [2.75, 3.05) is 32.1 Å². The SMILES string of the molecule is CC1(C)CN(C(=O)NC2COCC2(C)C(=O)O)CCS1. The van der Waals surface area contributed by atoms with E-state index in [2.05, 4.69) is 19.2 Å². The minimum Gasteiger partial charge on any atom is -0.481 e. The normalized spacial score (nSPS) is 33.0. The number of aliphatic carboxylic acids is 1. The Morgan fingerprint density at radius 1 is 1.40 bits per heavy atom. The van der Waals surface area contributed by atoms with Gasteiger partial charge in [0.15, 0.2) is 0 Å². The van der Waals surface area contributed by atoms with Gasteiger partial charge in [-0.2, -0.15) is 11.8 Å². The van der Waals surface area contributed by atoms with Gasteiger partial charge in [-0.25, -0.2) is 4.79 Å². The molecule has 7 heteroatoms. The first-order valence-electron chi connectivity index (χ1n) is 6.75. The first kappa shape index (κ1) is 15.4. The van der Waals surface area contributed by atoms with Crippen LogP contribution in [0.5, 0.6) is 0 Å². The van der Waals surface area contributed by atoms with Crippen LogP contribution < -0.4 is 5.32 Å². The van der Waals surface area contributed by atoms with Crippen molar-refractivity contribution in [1.29, 1.82) is 0 Å². The van der Waals surface area contributed by atoms with E-state index in [-0.39, 0.29) is 24.0 Å². The second-order valence-corrected chi connectivity index (χ2v) is 8.07. The molecule has 0 aliphatic carbocycles. The minimum atomic E-state index is -1.05. The Bertz CT molecular complexity index is 415. The summed E-state index contributed by atoms with van der Waals surface area (Å²) in [5.41, 5.74) is -1.05. The second-order valence-electron chi connectivity index (χ2n) is 6.27. The monoisotopic (exact) mass is 302 g/mol. The van der Waals surface area contributed by atoms with Gasteiger partial charge in [0.05, 0.1) is 19.3 Å². The molecule has 0 aromatic carbocycles. The Balaban J connectivity index is 1.99. The highest BCUT2D eigenvalue weighted by atomic mass is 32.2. The Morgan fingerprint density at radius 2 is 2.10 bits per heavy atom. The summed E-state index contributed by atoms with van der Waals surface area (Å²) in [7, 11) is 0. The van der Waals surface area contributed by atoms with Gasteiger partial charge in [-0.1, -0.05) is 0 Å². The van der Waals surface area contributed by atoms with Crippen LogP contribution in [0.3, 0.4) is 0 Å². The van der Waals surface area contributed by atoms with Crippen molar-refractivity contribution in [2.45, 2.75) is 31.6 Å². The Hall–Kier alpha value is -0.950. The molecule has 2 unspecified atom stereocenters. The molecular formula is C13H22N2O4S. The first-order valence-corrected chi connectivity index (χ1v) is 7.74. The summed E-state index contributed by atoms with van der Waals surface area (Å²) in [5, 5.41) is 12.1. The van der Waals surface area contributed by atoms with Gasteiger partial charge in [0, 0.05) is 23.6 Å². The molecule has 2 rings (SSSR count). The van der Waals surface area contributed by atoms with Gasteiger partial charge in [-0.05, 0) is 20.8 Å². The molecule has 2 atom stereocenters. The maximum Gasteiger partial charge on any atom is 0.317 e. The molecule has 2 aliphatic heterocycles. The van der Waals surface area contributed by atoms with Crippen LogP contribution in [-0.4, -0.2) is 64.9 Å². The lowest BCUT2D eigenvalue weighted by Gasteiger charge is -2.38. The van der Waals surface area contributed by atoms with E-state index < -0.39 is 17.4 Å². The molecule has 2 heterocycles. The van der Waals surface area contributed by atoms with Crippen molar-refractivity contribution in [3.63, 3.8) is 0 Å². The maximum absolute atomic E-state index is 12.3. The summed E-state index contributed by atoms with van der Waals surface area (Å²) in [6.45, 7) is 7.57. The van der Waals surface area contributed by atoms with Crippen LogP contribution in [0.25, 0.3) is 0 Å². The van der Waals surface area contributed by atoms with Crippen molar-refractivity contribution in [1.82, 2.24) is 10.2 Å². The number of carboxylic acids is 1. The molecule has 2 aliphatic rings. The van der Waals surface area contributed by atoms with E-state index in [1.165, 1.54) is 0 Å². The van der Waals surface area contributed by atoms with Crippen molar-refractivity contribution < 1.29 is 19.4 Å². The van der Waals surface area contributed by atoms with Gasteiger partial charge >= 0.3 is 12.0 Å².